The summed E-state index contributed by atoms with van der Waals surface area (Å²) in [4.78, 5) is 4.77. The lowest BCUT2D eigenvalue weighted by molar-refractivity contribution is 0.965. The minimum atomic E-state index is 0.129. The van der Waals surface area contributed by atoms with E-state index < -0.39 is 0 Å². The number of fused-ring (bicyclic) bond motifs is 5. The van der Waals surface area contributed by atoms with Crippen molar-refractivity contribution in [2.45, 2.75) is 33.1 Å². The van der Waals surface area contributed by atoms with Gasteiger partial charge in [-0.3, -0.25) is 0 Å². The molecule has 1 aliphatic carbocycles. The standard InChI is InChI=1S/C51H44N2/c1-37-16-14-23-44(34-37)52(41-19-6-4-7-20-41)43-30-28-39(3)47-33-32-46(53(42-21-8-5-9-22-42)45-24-15-17-38(2)35-45)36-51(47)50-27-13-12-26-49(50)48-25-11-10-18-40(48)29-31-43/h4-28,30-36,39H,29H2,1-3H3/b30-28-,43-31+. The van der Waals surface area contributed by atoms with Gasteiger partial charge in [0.25, 0.3) is 0 Å². The molecular weight excluding hydrogens is 641 g/mol. The summed E-state index contributed by atoms with van der Waals surface area (Å²) >= 11 is 0. The fraction of sp³-hybridized carbons (Fsp3) is 0.0980. The number of hydrogen-bond acceptors (Lipinski definition) is 2. The molecule has 8 rings (SSSR count). The maximum Gasteiger partial charge on any atom is 0.0468 e. The summed E-state index contributed by atoms with van der Waals surface area (Å²) in [6.45, 7) is 6.65. The Morgan fingerprint density at radius 3 is 1.58 bits per heavy atom. The van der Waals surface area contributed by atoms with Crippen molar-refractivity contribution in [3.8, 4) is 22.3 Å². The SMILES string of the molecule is Cc1cccc(N(C2=C/Cc3ccccc3-c3ccccc3-c3cc(N(c4ccccc4)c4cccc(C)c4)ccc3C(C)/C=C\2)c2ccccc2)c1. The van der Waals surface area contributed by atoms with Crippen LogP contribution in [0.5, 0.6) is 0 Å². The number of aryl methyl sites for hydroxylation is 2. The largest absolute Gasteiger partial charge is 0.311 e. The molecule has 1 unspecified atom stereocenters. The lowest BCUT2D eigenvalue weighted by Crippen LogP contribution is -2.16. The molecular formula is C51H44N2. The third kappa shape index (κ3) is 7.09. The lowest BCUT2D eigenvalue weighted by atomic mass is 9.85. The van der Waals surface area contributed by atoms with E-state index in [4.69, 9.17) is 0 Å². The van der Waals surface area contributed by atoms with E-state index in [9.17, 15) is 0 Å². The molecule has 0 bridgehead atoms. The van der Waals surface area contributed by atoms with Gasteiger partial charge in [-0.25, -0.2) is 0 Å². The van der Waals surface area contributed by atoms with Gasteiger partial charge in [-0.1, -0.05) is 134 Å². The first-order valence-electron chi connectivity index (χ1n) is 18.6. The molecule has 0 aliphatic heterocycles. The van der Waals surface area contributed by atoms with Crippen LogP contribution in [0.1, 0.15) is 35.1 Å². The highest BCUT2D eigenvalue weighted by Crippen LogP contribution is 2.44. The molecule has 0 saturated heterocycles. The highest BCUT2D eigenvalue weighted by molar-refractivity contribution is 5.89. The zero-order valence-electron chi connectivity index (χ0n) is 30.7. The quantitative estimate of drug-likeness (QED) is 0.172. The zero-order valence-corrected chi connectivity index (χ0v) is 30.7. The Morgan fingerprint density at radius 1 is 0.434 bits per heavy atom. The Balaban J connectivity index is 1.35. The first kappa shape index (κ1) is 33.7. The van der Waals surface area contributed by atoms with Gasteiger partial charge in [0.2, 0.25) is 0 Å². The summed E-state index contributed by atoms with van der Waals surface area (Å²) in [5.41, 5.74) is 16.8. The van der Waals surface area contributed by atoms with E-state index in [-0.39, 0.29) is 5.92 Å². The van der Waals surface area contributed by atoms with Crippen molar-refractivity contribution < 1.29 is 0 Å². The summed E-state index contributed by atoms with van der Waals surface area (Å²) < 4.78 is 0. The summed E-state index contributed by atoms with van der Waals surface area (Å²) in [5.74, 6) is 0.129. The molecule has 53 heavy (non-hydrogen) atoms. The molecule has 0 amide bonds. The molecule has 2 nitrogen and oxygen atoms in total. The number of para-hydroxylation sites is 2. The number of benzene rings is 7. The van der Waals surface area contributed by atoms with Gasteiger partial charge in [0.05, 0.1) is 0 Å². The summed E-state index contributed by atoms with van der Waals surface area (Å²) in [5, 5.41) is 0. The summed E-state index contributed by atoms with van der Waals surface area (Å²) in [7, 11) is 0. The Hall–Kier alpha value is -6.38. The maximum absolute atomic E-state index is 2.40. The van der Waals surface area contributed by atoms with Crippen molar-refractivity contribution in [3.05, 3.63) is 222 Å². The number of nitrogens with zero attached hydrogens (tertiary/aromatic N) is 2. The molecule has 1 atom stereocenters. The molecule has 258 valence electrons. The highest BCUT2D eigenvalue weighted by Gasteiger charge is 2.21. The van der Waals surface area contributed by atoms with E-state index in [0.717, 1.165) is 40.6 Å². The summed E-state index contributed by atoms with van der Waals surface area (Å²) in [6, 6.07) is 63.9. The smallest absolute Gasteiger partial charge is 0.0468 e. The number of allylic oxidation sites excluding steroid dienone is 3. The molecule has 0 radical (unpaired) electrons. The van der Waals surface area contributed by atoms with Gasteiger partial charge in [-0.05, 0) is 137 Å². The monoisotopic (exact) mass is 684 g/mol. The minimum absolute atomic E-state index is 0.129. The molecule has 0 fully saturated rings. The van der Waals surface area contributed by atoms with E-state index in [1.807, 2.05) is 0 Å². The first-order valence-corrected chi connectivity index (χ1v) is 18.6. The van der Waals surface area contributed by atoms with Gasteiger partial charge in [0.15, 0.2) is 0 Å². The Labute approximate surface area is 314 Å². The van der Waals surface area contributed by atoms with Gasteiger partial charge in [0, 0.05) is 34.1 Å². The van der Waals surface area contributed by atoms with Crippen LogP contribution < -0.4 is 9.80 Å². The molecule has 0 aromatic heterocycles. The fourth-order valence-electron chi connectivity index (χ4n) is 7.61. The normalized spacial score (nSPS) is 15.3. The minimum Gasteiger partial charge on any atom is -0.311 e. The van der Waals surface area contributed by atoms with Crippen LogP contribution in [-0.2, 0) is 6.42 Å². The van der Waals surface area contributed by atoms with Gasteiger partial charge in [0.1, 0.15) is 0 Å². The average molecular weight is 685 g/mol. The number of rotatable bonds is 6. The van der Waals surface area contributed by atoms with Gasteiger partial charge >= 0.3 is 0 Å². The van der Waals surface area contributed by atoms with E-state index in [1.54, 1.807) is 0 Å². The van der Waals surface area contributed by atoms with Crippen LogP contribution in [0.3, 0.4) is 0 Å². The van der Waals surface area contributed by atoms with Crippen LogP contribution >= 0.6 is 0 Å². The van der Waals surface area contributed by atoms with Crippen LogP contribution in [0.25, 0.3) is 22.3 Å². The zero-order chi connectivity index (χ0) is 36.1. The number of hydrogen-bond donors (Lipinski definition) is 0. The van der Waals surface area contributed by atoms with Crippen LogP contribution in [0.15, 0.2) is 200 Å². The van der Waals surface area contributed by atoms with Crippen molar-refractivity contribution in [1.29, 1.82) is 0 Å². The molecule has 0 N–H and O–H groups in total. The van der Waals surface area contributed by atoms with Crippen molar-refractivity contribution >= 4 is 28.4 Å². The second-order valence-corrected chi connectivity index (χ2v) is 14.0. The summed E-state index contributed by atoms with van der Waals surface area (Å²) in [6.07, 6.45) is 7.89. The lowest BCUT2D eigenvalue weighted by Gasteiger charge is -2.29. The molecule has 2 heteroatoms. The second kappa shape index (κ2) is 15.1. The Kier molecular flexibility index (Phi) is 9.60. The van der Waals surface area contributed by atoms with Gasteiger partial charge < -0.3 is 9.80 Å². The van der Waals surface area contributed by atoms with Crippen molar-refractivity contribution in [3.63, 3.8) is 0 Å². The van der Waals surface area contributed by atoms with E-state index in [2.05, 4.69) is 225 Å². The van der Waals surface area contributed by atoms with Crippen molar-refractivity contribution in [2.75, 3.05) is 9.80 Å². The van der Waals surface area contributed by atoms with Gasteiger partial charge in [-0.2, -0.15) is 0 Å². The molecule has 7 aromatic rings. The van der Waals surface area contributed by atoms with Crippen LogP contribution in [-0.4, -0.2) is 0 Å². The topological polar surface area (TPSA) is 6.48 Å². The predicted octanol–water partition coefficient (Wildman–Crippen LogP) is 14.0. The van der Waals surface area contributed by atoms with E-state index in [1.165, 1.54) is 44.5 Å². The fourth-order valence-corrected chi connectivity index (χ4v) is 7.61. The van der Waals surface area contributed by atoms with Crippen LogP contribution in [0.4, 0.5) is 28.4 Å². The van der Waals surface area contributed by atoms with Crippen molar-refractivity contribution in [2.24, 2.45) is 0 Å². The van der Waals surface area contributed by atoms with E-state index >= 15 is 0 Å². The Morgan fingerprint density at radius 2 is 0.943 bits per heavy atom. The third-order valence-electron chi connectivity index (χ3n) is 10.2. The first-order chi connectivity index (χ1) is 26.0. The van der Waals surface area contributed by atoms with Crippen molar-refractivity contribution in [1.82, 2.24) is 0 Å². The molecule has 0 heterocycles. The molecule has 0 saturated carbocycles. The third-order valence-corrected chi connectivity index (χ3v) is 10.2. The highest BCUT2D eigenvalue weighted by atomic mass is 15.1. The second-order valence-electron chi connectivity index (χ2n) is 14.0. The van der Waals surface area contributed by atoms with Gasteiger partial charge in [-0.15, -0.1) is 0 Å². The van der Waals surface area contributed by atoms with Crippen LogP contribution in [0, 0.1) is 13.8 Å². The predicted molar refractivity (Wildman–Crippen MR) is 226 cm³/mol. The van der Waals surface area contributed by atoms with E-state index in [0.29, 0.717) is 0 Å². The molecule has 0 spiro atoms. The maximum atomic E-state index is 2.40. The Bertz CT molecular complexity index is 2420. The number of anilines is 5. The molecule has 7 aromatic carbocycles. The van der Waals surface area contributed by atoms with Crippen LogP contribution in [0.2, 0.25) is 0 Å². The molecule has 1 aliphatic rings. The average Bonchev–Trinajstić information content (AvgIpc) is 3.19.